The number of halogens is 4. The third-order valence-electron chi connectivity index (χ3n) is 7.10. The molecule has 0 bridgehead atoms. The van der Waals surface area contributed by atoms with E-state index in [4.69, 9.17) is 0 Å². The van der Waals surface area contributed by atoms with Gasteiger partial charge in [-0.1, -0.05) is 63.2 Å². The highest BCUT2D eigenvalue weighted by Crippen LogP contribution is 2.33. The third-order valence-corrected chi connectivity index (χ3v) is 7.10. The molecule has 2 aromatic carbocycles. The molecular formula is C31H41F4N3O3. The summed E-state index contributed by atoms with van der Waals surface area (Å²) in [6.07, 6.45) is -4.57. The van der Waals surface area contributed by atoms with Gasteiger partial charge in [-0.05, 0) is 47.9 Å². The molecule has 2 fully saturated rings. The van der Waals surface area contributed by atoms with E-state index < -0.39 is 18.7 Å². The van der Waals surface area contributed by atoms with E-state index in [1.165, 1.54) is 24.0 Å². The standard InChI is InChI=1S/C27H31F4N3O3.C4H10/c1-19(35)32-13-11-20(12-14-32)17-25(36)34-16-15-33(18-24(34)28)26(21-5-3-2-4-6-21)22-7-9-23(10-8-22)37-27(29,30)31;1-4(2)3/h2-10,20,24,26H,11-18H2,1H3;4H,1-3H3. The van der Waals surface area contributed by atoms with Crippen molar-refractivity contribution in [2.45, 2.75) is 65.7 Å². The molecule has 10 heteroatoms. The van der Waals surface area contributed by atoms with Crippen molar-refractivity contribution < 1.29 is 31.9 Å². The Hall–Kier alpha value is -3.14. The van der Waals surface area contributed by atoms with Gasteiger partial charge in [-0.3, -0.25) is 14.5 Å². The van der Waals surface area contributed by atoms with Crippen molar-refractivity contribution in [2.75, 3.05) is 32.7 Å². The summed E-state index contributed by atoms with van der Waals surface area (Å²) in [6, 6.07) is 14.6. The number of carbonyl (C=O) groups is 2. The predicted octanol–water partition coefficient (Wildman–Crippen LogP) is 6.43. The zero-order valence-electron chi connectivity index (χ0n) is 24.2. The van der Waals surface area contributed by atoms with E-state index in [2.05, 4.69) is 25.5 Å². The minimum Gasteiger partial charge on any atom is -0.406 e. The SMILES string of the molecule is CC(=O)N1CCC(CC(=O)N2CCN(C(c3ccccc3)c3ccc(OC(F)(F)F)cc3)CC2F)CC1.CC(C)C. The number of piperidine rings is 1. The lowest BCUT2D eigenvalue weighted by Gasteiger charge is -2.42. The molecule has 2 saturated heterocycles. The molecular weight excluding hydrogens is 538 g/mol. The lowest BCUT2D eigenvalue weighted by atomic mass is 9.92. The van der Waals surface area contributed by atoms with Crippen molar-refractivity contribution in [1.82, 2.24) is 14.7 Å². The highest BCUT2D eigenvalue weighted by molar-refractivity contribution is 5.77. The monoisotopic (exact) mass is 579 g/mol. The van der Waals surface area contributed by atoms with E-state index in [0.29, 0.717) is 25.2 Å². The van der Waals surface area contributed by atoms with Gasteiger partial charge in [0.2, 0.25) is 11.8 Å². The number of amides is 2. The van der Waals surface area contributed by atoms with Crippen LogP contribution in [0.15, 0.2) is 54.6 Å². The van der Waals surface area contributed by atoms with Gasteiger partial charge >= 0.3 is 6.36 Å². The Balaban J connectivity index is 0.00000108. The minimum atomic E-state index is -4.78. The number of benzene rings is 2. The average Bonchev–Trinajstić information content (AvgIpc) is 2.89. The zero-order valence-corrected chi connectivity index (χ0v) is 24.2. The Labute approximate surface area is 240 Å². The smallest absolute Gasteiger partial charge is 0.406 e. The van der Waals surface area contributed by atoms with Crippen LogP contribution in [0.5, 0.6) is 5.75 Å². The van der Waals surface area contributed by atoms with E-state index in [1.807, 2.05) is 35.2 Å². The van der Waals surface area contributed by atoms with Gasteiger partial charge in [-0.25, -0.2) is 4.39 Å². The number of rotatable bonds is 6. The molecule has 2 atom stereocenters. The van der Waals surface area contributed by atoms with Crippen molar-refractivity contribution in [2.24, 2.45) is 11.8 Å². The highest BCUT2D eigenvalue weighted by atomic mass is 19.4. The van der Waals surface area contributed by atoms with Crippen LogP contribution in [0.3, 0.4) is 0 Å². The summed E-state index contributed by atoms with van der Waals surface area (Å²) in [6.45, 7) is 9.87. The van der Waals surface area contributed by atoms with Crippen molar-refractivity contribution in [3.05, 3.63) is 65.7 Å². The first kappa shape index (κ1) is 32.4. The number of likely N-dealkylation sites (tertiary alicyclic amines) is 1. The fourth-order valence-corrected chi connectivity index (χ4v) is 5.19. The molecule has 0 N–H and O–H groups in total. The van der Waals surface area contributed by atoms with Crippen molar-refractivity contribution in [3.8, 4) is 5.75 Å². The summed E-state index contributed by atoms with van der Waals surface area (Å²) in [4.78, 5) is 29.4. The van der Waals surface area contributed by atoms with E-state index in [-0.39, 0.29) is 43.0 Å². The maximum absolute atomic E-state index is 15.4. The molecule has 6 nitrogen and oxygen atoms in total. The number of nitrogens with zero attached hydrogens (tertiary/aromatic N) is 3. The van der Waals surface area contributed by atoms with Gasteiger partial charge in [-0.15, -0.1) is 13.2 Å². The molecule has 0 aliphatic carbocycles. The van der Waals surface area contributed by atoms with Crippen LogP contribution in [0.2, 0.25) is 0 Å². The summed E-state index contributed by atoms with van der Waals surface area (Å²) < 4.78 is 57.1. The molecule has 0 radical (unpaired) electrons. The fourth-order valence-electron chi connectivity index (χ4n) is 5.19. The summed E-state index contributed by atoms with van der Waals surface area (Å²) >= 11 is 0. The second-order valence-corrected chi connectivity index (χ2v) is 11.3. The fraction of sp³-hybridized carbons (Fsp3) is 0.548. The topological polar surface area (TPSA) is 53.1 Å². The summed E-state index contributed by atoms with van der Waals surface area (Å²) in [7, 11) is 0. The van der Waals surface area contributed by atoms with Crippen LogP contribution in [0.1, 0.15) is 64.1 Å². The lowest BCUT2D eigenvalue weighted by Crippen LogP contribution is -2.54. The number of hydrogen-bond donors (Lipinski definition) is 0. The third kappa shape index (κ3) is 10.0. The Morgan fingerprint density at radius 1 is 0.902 bits per heavy atom. The number of hydrogen-bond acceptors (Lipinski definition) is 4. The first-order valence-corrected chi connectivity index (χ1v) is 14.2. The molecule has 0 spiro atoms. The number of ether oxygens (including phenoxy) is 1. The normalized spacial score (nSPS) is 19.4. The van der Waals surface area contributed by atoms with E-state index in [1.54, 1.807) is 17.0 Å². The molecule has 41 heavy (non-hydrogen) atoms. The maximum atomic E-state index is 15.4. The van der Waals surface area contributed by atoms with Gasteiger partial charge < -0.3 is 14.5 Å². The molecule has 4 rings (SSSR count). The first-order valence-electron chi connectivity index (χ1n) is 14.2. The van der Waals surface area contributed by atoms with Crippen LogP contribution in [-0.2, 0) is 9.59 Å². The van der Waals surface area contributed by atoms with Crippen LogP contribution >= 0.6 is 0 Å². The van der Waals surface area contributed by atoms with Gasteiger partial charge in [0.25, 0.3) is 0 Å². The van der Waals surface area contributed by atoms with Crippen LogP contribution in [0.4, 0.5) is 17.6 Å². The quantitative estimate of drug-likeness (QED) is 0.293. The van der Waals surface area contributed by atoms with Crippen LogP contribution < -0.4 is 4.74 Å². The van der Waals surface area contributed by atoms with Gasteiger partial charge in [0.1, 0.15) is 5.75 Å². The van der Waals surface area contributed by atoms with Crippen LogP contribution in [0, 0.1) is 11.8 Å². The second kappa shape index (κ2) is 14.7. The summed E-state index contributed by atoms with van der Waals surface area (Å²) in [5.74, 6) is 0.442. The zero-order chi connectivity index (χ0) is 30.2. The number of piperazine rings is 1. The van der Waals surface area contributed by atoms with Crippen LogP contribution in [-0.4, -0.2) is 71.9 Å². The Bertz CT molecular complexity index is 1100. The average molecular weight is 580 g/mol. The molecule has 2 heterocycles. The molecule has 2 aliphatic rings. The number of alkyl halides is 4. The molecule has 0 saturated carbocycles. The summed E-state index contributed by atoms with van der Waals surface area (Å²) in [5.41, 5.74) is 1.57. The van der Waals surface area contributed by atoms with Crippen molar-refractivity contribution in [1.29, 1.82) is 0 Å². The highest BCUT2D eigenvalue weighted by Gasteiger charge is 2.36. The Morgan fingerprint density at radius 2 is 1.46 bits per heavy atom. The van der Waals surface area contributed by atoms with Gasteiger partial charge in [0.05, 0.1) is 6.04 Å². The predicted molar refractivity (Wildman–Crippen MR) is 150 cm³/mol. The van der Waals surface area contributed by atoms with Gasteiger partial charge in [-0.2, -0.15) is 0 Å². The molecule has 226 valence electrons. The molecule has 2 unspecified atom stereocenters. The van der Waals surface area contributed by atoms with Crippen LogP contribution in [0.25, 0.3) is 0 Å². The molecule has 2 amide bonds. The van der Waals surface area contributed by atoms with Gasteiger partial charge in [0.15, 0.2) is 6.30 Å². The Kier molecular flexibility index (Phi) is 11.6. The number of carbonyl (C=O) groups excluding carboxylic acids is 2. The van der Waals surface area contributed by atoms with Crippen molar-refractivity contribution in [3.63, 3.8) is 0 Å². The molecule has 2 aliphatic heterocycles. The molecule has 0 aromatic heterocycles. The van der Waals surface area contributed by atoms with Gasteiger partial charge in [0, 0.05) is 46.1 Å². The largest absolute Gasteiger partial charge is 0.573 e. The van der Waals surface area contributed by atoms with Crippen molar-refractivity contribution >= 4 is 11.8 Å². The molecule has 2 aromatic rings. The first-order chi connectivity index (χ1) is 19.3. The van der Waals surface area contributed by atoms with E-state index in [9.17, 15) is 22.8 Å². The van der Waals surface area contributed by atoms with E-state index in [0.717, 1.165) is 24.3 Å². The minimum absolute atomic E-state index is 0.0190. The summed E-state index contributed by atoms with van der Waals surface area (Å²) in [5, 5.41) is 0. The second-order valence-electron chi connectivity index (χ2n) is 11.3. The lowest BCUT2D eigenvalue weighted by molar-refractivity contribution is -0.274. The maximum Gasteiger partial charge on any atom is 0.573 e. The Morgan fingerprint density at radius 3 is 1.98 bits per heavy atom. The van der Waals surface area contributed by atoms with E-state index >= 15 is 4.39 Å².